The molecule has 8 nitrogen and oxygen atoms in total. The quantitative estimate of drug-likeness (QED) is 0.593. The minimum absolute atomic E-state index is 0.189. The molecule has 34 heavy (non-hydrogen) atoms. The van der Waals surface area contributed by atoms with E-state index in [4.69, 9.17) is 16.6 Å². The average molecular weight is 484 g/mol. The summed E-state index contributed by atoms with van der Waals surface area (Å²) in [6, 6.07) is 3.45. The number of aryl methyl sites for hydroxylation is 2. The van der Waals surface area contributed by atoms with Crippen molar-refractivity contribution in [3.05, 3.63) is 46.1 Å². The topological polar surface area (TPSA) is 88.0 Å². The number of nitrogens with one attached hydrogen (secondary N) is 2. The SMILES string of the molecule is CCn1cc(Cl)c2cc(C(=O)NC3CCc4nc(N5CCC6CNCC65)cc(F)c4C3)nnc21. The highest BCUT2D eigenvalue weighted by molar-refractivity contribution is 6.35. The standard InChI is InChI=1S/C24H27ClFN7O/c1-2-32-12-17(25)15-8-20(30-31-23(15)32)24(34)28-14-3-4-19-16(7-14)18(26)9-22(29-19)33-6-5-13-10-27-11-21(13)33/h8-9,12-14,21,27H,2-7,10-11H2,1H3,(H,28,34). The molecule has 2 fully saturated rings. The first kappa shape index (κ1) is 21.7. The van der Waals surface area contributed by atoms with E-state index in [1.165, 1.54) is 0 Å². The fraction of sp³-hybridized carbons (Fsp3) is 0.500. The Morgan fingerprint density at radius 2 is 2.18 bits per heavy atom. The van der Waals surface area contributed by atoms with Crippen LogP contribution in [-0.4, -0.2) is 57.4 Å². The van der Waals surface area contributed by atoms with Crippen molar-refractivity contribution in [3.63, 3.8) is 0 Å². The number of aromatic nitrogens is 4. The lowest BCUT2D eigenvalue weighted by Gasteiger charge is -2.29. The van der Waals surface area contributed by atoms with E-state index < -0.39 is 0 Å². The highest BCUT2D eigenvalue weighted by Gasteiger charge is 2.39. The summed E-state index contributed by atoms with van der Waals surface area (Å²) >= 11 is 6.31. The van der Waals surface area contributed by atoms with E-state index in [0.29, 0.717) is 59.4 Å². The molecule has 3 unspecified atom stereocenters. The zero-order valence-electron chi connectivity index (χ0n) is 19.0. The van der Waals surface area contributed by atoms with E-state index in [9.17, 15) is 4.79 Å². The summed E-state index contributed by atoms with van der Waals surface area (Å²) in [5.41, 5.74) is 2.27. The van der Waals surface area contributed by atoms with Crippen molar-refractivity contribution in [3.8, 4) is 0 Å². The second-order valence-electron chi connectivity index (χ2n) is 9.50. The molecule has 0 bridgehead atoms. The molecule has 2 aliphatic heterocycles. The highest BCUT2D eigenvalue weighted by Crippen LogP contribution is 2.33. The number of carbonyl (C=O) groups excluding carboxylic acids is 1. The number of carbonyl (C=O) groups is 1. The number of fused-ring (bicyclic) bond motifs is 3. The van der Waals surface area contributed by atoms with Crippen molar-refractivity contribution in [1.82, 2.24) is 30.4 Å². The molecule has 3 aromatic rings. The van der Waals surface area contributed by atoms with Crippen LogP contribution in [0.1, 0.15) is 41.5 Å². The monoisotopic (exact) mass is 483 g/mol. The molecule has 178 valence electrons. The minimum atomic E-state index is -0.329. The third-order valence-corrected chi connectivity index (χ3v) is 7.84. The van der Waals surface area contributed by atoms with Crippen LogP contribution in [0.15, 0.2) is 18.3 Å². The fourth-order valence-electron chi connectivity index (χ4n) is 5.71. The summed E-state index contributed by atoms with van der Waals surface area (Å²) in [7, 11) is 0. The molecule has 0 radical (unpaired) electrons. The molecule has 1 amide bonds. The average Bonchev–Trinajstić information content (AvgIpc) is 3.54. The van der Waals surface area contributed by atoms with Gasteiger partial charge in [0.15, 0.2) is 11.3 Å². The van der Waals surface area contributed by atoms with Crippen LogP contribution in [0.25, 0.3) is 11.0 Å². The van der Waals surface area contributed by atoms with Gasteiger partial charge in [0.2, 0.25) is 0 Å². The van der Waals surface area contributed by atoms with E-state index in [1.54, 1.807) is 18.3 Å². The molecule has 3 atom stereocenters. The molecule has 1 aliphatic carbocycles. The van der Waals surface area contributed by atoms with Crippen molar-refractivity contribution >= 4 is 34.4 Å². The van der Waals surface area contributed by atoms with Crippen LogP contribution in [0, 0.1) is 11.7 Å². The van der Waals surface area contributed by atoms with Crippen molar-refractivity contribution in [2.75, 3.05) is 24.5 Å². The number of amides is 1. The smallest absolute Gasteiger partial charge is 0.272 e. The zero-order valence-corrected chi connectivity index (χ0v) is 19.8. The normalized spacial score (nSPS) is 23.9. The maximum atomic E-state index is 15.2. The Morgan fingerprint density at radius 1 is 1.29 bits per heavy atom. The summed E-state index contributed by atoms with van der Waals surface area (Å²) in [5, 5.41) is 16.0. The van der Waals surface area contributed by atoms with Crippen LogP contribution in [-0.2, 0) is 19.4 Å². The van der Waals surface area contributed by atoms with Crippen LogP contribution in [0.2, 0.25) is 5.02 Å². The second kappa shape index (κ2) is 8.46. The molecule has 10 heteroatoms. The predicted octanol–water partition coefficient (Wildman–Crippen LogP) is 2.72. The van der Waals surface area contributed by atoms with E-state index >= 15 is 4.39 Å². The number of anilines is 1. The van der Waals surface area contributed by atoms with Gasteiger partial charge in [-0.25, -0.2) is 9.37 Å². The summed E-state index contributed by atoms with van der Waals surface area (Å²) in [5.74, 6) is 0.805. The first-order valence-corrected chi connectivity index (χ1v) is 12.4. The lowest BCUT2D eigenvalue weighted by molar-refractivity contribution is 0.0927. The Morgan fingerprint density at radius 3 is 3.03 bits per heavy atom. The van der Waals surface area contributed by atoms with E-state index in [-0.39, 0.29) is 23.5 Å². The molecule has 0 spiro atoms. The molecule has 6 rings (SSSR count). The fourth-order valence-corrected chi connectivity index (χ4v) is 5.97. The first-order valence-electron chi connectivity index (χ1n) is 12.0. The number of hydrogen-bond donors (Lipinski definition) is 2. The molecular formula is C24H27ClFN7O. The number of nitrogens with zero attached hydrogens (tertiary/aromatic N) is 5. The van der Waals surface area contributed by atoms with Crippen molar-refractivity contribution in [2.24, 2.45) is 5.92 Å². The summed E-state index contributed by atoms with van der Waals surface area (Å²) in [6.45, 7) is 5.59. The molecular weight excluding hydrogens is 457 g/mol. The maximum Gasteiger partial charge on any atom is 0.272 e. The molecule has 0 aromatic carbocycles. The second-order valence-corrected chi connectivity index (χ2v) is 9.91. The van der Waals surface area contributed by atoms with Crippen molar-refractivity contribution < 1.29 is 9.18 Å². The van der Waals surface area contributed by atoms with Gasteiger partial charge in [-0.1, -0.05) is 11.6 Å². The lowest BCUT2D eigenvalue weighted by atomic mass is 9.91. The molecule has 3 aromatic heterocycles. The third kappa shape index (κ3) is 3.62. The minimum Gasteiger partial charge on any atom is -0.352 e. The van der Waals surface area contributed by atoms with Gasteiger partial charge in [0.25, 0.3) is 5.91 Å². The molecule has 2 saturated heterocycles. The van der Waals surface area contributed by atoms with Crippen molar-refractivity contribution in [1.29, 1.82) is 0 Å². The van der Waals surface area contributed by atoms with Crippen LogP contribution in [0.3, 0.4) is 0 Å². The number of rotatable bonds is 4. The zero-order chi connectivity index (χ0) is 23.4. The molecule has 3 aliphatic rings. The number of hydrogen-bond acceptors (Lipinski definition) is 6. The Hall–Kier alpha value is -2.78. The van der Waals surface area contributed by atoms with Gasteiger partial charge in [-0.05, 0) is 44.6 Å². The van der Waals surface area contributed by atoms with Gasteiger partial charge in [-0.3, -0.25) is 4.79 Å². The Balaban J connectivity index is 1.18. The Bertz CT molecular complexity index is 1280. The lowest BCUT2D eigenvalue weighted by Crippen LogP contribution is -2.40. The van der Waals surface area contributed by atoms with Gasteiger partial charge >= 0.3 is 0 Å². The summed E-state index contributed by atoms with van der Waals surface area (Å²) in [6.07, 6.45) is 4.65. The first-order chi connectivity index (χ1) is 16.5. The van der Waals surface area contributed by atoms with Gasteiger partial charge in [-0.2, -0.15) is 0 Å². The summed E-state index contributed by atoms with van der Waals surface area (Å²) < 4.78 is 17.1. The highest BCUT2D eigenvalue weighted by atomic mass is 35.5. The maximum absolute atomic E-state index is 15.2. The summed E-state index contributed by atoms with van der Waals surface area (Å²) in [4.78, 5) is 20.0. The third-order valence-electron chi connectivity index (χ3n) is 7.54. The largest absolute Gasteiger partial charge is 0.352 e. The van der Waals surface area contributed by atoms with Gasteiger partial charge < -0.3 is 20.1 Å². The number of pyridine rings is 1. The van der Waals surface area contributed by atoms with Crippen LogP contribution < -0.4 is 15.5 Å². The van der Waals surface area contributed by atoms with Gasteiger partial charge in [0.05, 0.1) is 5.02 Å². The van der Waals surface area contributed by atoms with E-state index in [0.717, 1.165) is 37.6 Å². The molecule has 0 saturated carbocycles. The van der Waals surface area contributed by atoms with Gasteiger partial charge in [0.1, 0.15) is 11.6 Å². The van der Waals surface area contributed by atoms with Crippen LogP contribution >= 0.6 is 11.6 Å². The Kier molecular flexibility index (Phi) is 5.41. The molecule has 2 N–H and O–H groups in total. The Labute approximate surface area is 201 Å². The number of halogens is 2. The molecule has 5 heterocycles. The van der Waals surface area contributed by atoms with E-state index in [1.807, 2.05) is 11.5 Å². The van der Waals surface area contributed by atoms with E-state index in [2.05, 4.69) is 25.7 Å². The van der Waals surface area contributed by atoms with Crippen molar-refractivity contribution in [2.45, 2.75) is 51.2 Å². The predicted molar refractivity (Wildman–Crippen MR) is 128 cm³/mol. The van der Waals surface area contributed by atoms with Crippen LogP contribution in [0.4, 0.5) is 10.2 Å². The van der Waals surface area contributed by atoms with Gasteiger partial charge in [-0.15, -0.1) is 10.2 Å². The van der Waals surface area contributed by atoms with Gasteiger partial charge in [0, 0.05) is 67.2 Å². The van der Waals surface area contributed by atoms with Crippen LogP contribution in [0.5, 0.6) is 0 Å².